The number of aromatic nitrogens is 2. The van der Waals surface area contributed by atoms with Crippen LogP contribution in [0.5, 0.6) is 5.88 Å². The highest BCUT2D eigenvalue weighted by Crippen LogP contribution is 2.24. The molecule has 0 aliphatic rings. The van der Waals surface area contributed by atoms with Crippen LogP contribution in [0.2, 0.25) is 0 Å². The summed E-state index contributed by atoms with van der Waals surface area (Å²) < 4.78 is 4.98. The van der Waals surface area contributed by atoms with Crippen molar-refractivity contribution in [2.24, 2.45) is 0 Å². The highest BCUT2D eigenvalue weighted by Gasteiger charge is 2.02. The molecule has 0 amide bonds. The van der Waals surface area contributed by atoms with Gasteiger partial charge in [0.2, 0.25) is 5.88 Å². The smallest absolute Gasteiger partial charge is 0.212 e. The third-order valence-electron chi connectivity index (χ3n) is 2.11. The van der Waals surface area contributed by atoms with Crippen molar-refractivity contribution in [3.63, 3.8) is 0 Å². The van der Waals surface area contributed by atoms with Crippen molar-refractivity contribution < 1.29 is 4.74 Å². The van der Waals surface area contributed by atoms with Crippen molar-refractivity contribution in [2.75, 3.05) is 12.8 Å². The fraction of sp³-hybridized carbons (Fsp3) is 0.0909. The number of hydrogen-bond donors (Lipinski definition) is 1. The molecule has 0 spiro atoms. The van der Waals surface area contributed by atoms with Gasteiger partial charge in [-0.15, -0.1) is 0 Å². The zero-order valence-corrected chi connectivity index (χ0v) is 8.34. The molecule has 0 saturated carbocycles. The lowest BCUT2D eigenvalue weighted by atomic mass is 10.1. The summed E-state index contributed by atoms with van der Waals surface area (Å²) in [5, 5.41) is 0. The summed E-state index contributed by atoms with van der Waals surface area (Å²) in [6.45, 7) is 0. The van der Waals surface area contributed by atoms with E-state index in [2.05, 4.69) is 9.97 Å². The summed E-state index contributed by atoms with van der Waals surface area (Å²) in [7, 11) is 1.58. The van der Waals surface area contributed by atoms with Crippen LogP contribution in [-0.4, -0.2) is 17.1 Å². The largest absolute Gasteiger partial charge is 0.481 e. The normalized spacial score (nSPS) is 9.93. The minimum Gasteiger partial charge on any atom is -0.481 e. The van der Waals surface area contributed by atoms with E-state index in [0.29, 0.717) is 11.6 Å². The van der Waals surface area contributed by atoms with Crippen LogP contribution in [0.4, 0.5) is 5.69 Å². The van der Waals surface area contributed by atoms with Crippen molar-refractivity contribution in [3.8, 4) is 17.0 Å². The fourth-order valence-corrected chi connectivity index (χ4v) is 1.31. The lowest BCUT2D eigenvalue weighted by molar-refractivity contribution is 0.398. The van der Waals surface area contributed by atoms with E-state index >= 15 is 0 Å². The van der Waals surface area contributed by atoms with Crippen LogP contribution in [-0.2, 0) is 0 Å². The van der Waals surface area contributed by atoms with E-state index in [1.165, 1.54) is 0 Å². The van der Waals surface area contributed by atoms with Gasteiger partial charge in [0, 0.05) is 41.5 Å². The number of anilines is 1. The molecule has 4 nitrogen and oxygen atoms in total. The Morgan fingerprint density at radius 3 is 2.67 bits per heavy atom. The maximum absolute atomic E-state index is 5.82. The van der Waals surface area contributed by atoms with Crippen molar-refractivity contribution in [1.29, 1.82) is 0 Å². The molecule has 0 fully saturated rings. The minimum absolute atomic E-state index is 0.584. The zero-order chi connectivity index (χ0) is 10.7. The van der Waals surface area contributed by atoms with Gasteiger partial charge in [0.1, 0.15) is 0 Å². The van der Waals surface area contributed by atoms with Crippen molar-refractivity contribution in [2.45, 2.75) is 0 Å². The van der Waals surface area contributed by atoms with Gasteiger partial charge in [0.25, 0.3) is 0 Å². The molecule has 0 atom stereocenters. The predicted octanol–water partition coefficient (Wildman–Crippen LogP) is 1.73. The molecule has 0 aliphatic heterocycles. The van der Waals surface area contributed by atoms with Crippen LogP contribution < -0.4 is 10.5 Å². The summed E-state index contributed by atoms with van der Waals surface area (Å²) in [5.74, 6) is 0.584. The first-order chi connectivity index (χ1) is 7.31. The molecule has 76 valence electrons. The second-order valence-electron chi connectivity index (χ2n) is 3.05. The van der Waals surface area contributed by atoms with Crippen LogP contribution in [0.1, 0.15) is 0 Å². The summed E-state index contributed by atoms with van der Waals surface area (Å²) >= 11 is 0. The number of pyridine rings is 2. The topological polar surface area (TPSA) is 61.0 Å². The van der Waals surface area contributed by atoms with Gasteiger partial charge >= 0.3 is 0 Å². The van der Waals surface area contributed by atoms with Crippen LogP contribution in [0, 0.1) is 0 Å². The van der Waals surface area contributed by atoms with Gasteiger partial charge in [0.05, 0.1) is 7.11 Å². The Labute approximate surface area is 87.7 Å². The van der Waals surface area contributed by atoms with E-state index in [-0.39, 0.29) is 0 Å². The number of methoxy groups -OCH3 is 1. The van der Waals surface area contributed by atoms with E-state index in [1.54, 1.807) is 37.8 Å². The van der Waals surface area contributed by atoms with E-state index in [9.17, 15) is 0 Å². The molecule has 15 heavy (non-hydrogen) atoms. The molecular formula is C11H11N3O. The number of nitrogens with two attached hydrogens (primary N) is 1. The van der Waals surface area contributed by atoms with E-state index < -0.39 is 0 Å². The first-order valence-electron chi connectivity index (χ1n) is 4.51. The number of rotatable bonds is 2. The Bertz CT molecular complexity index is 454. The van der Waals surface area contributed by atoms with Crippen molar-refractivity contribution in [1.82, 2.24) is 9.97 Å². The molecule has 2 heterocycles. The molecule has 0 aromatic carbocycles. The average Bonchev–Trinajstić information content (AvgIpc) is 2.30. The summed E-state index contributed by atoms with van der Waals surface area (Å²) in [6, 6.07) is 5.46. The molecule has 0 bridgehead atoms. The first kappa shape index (κ1) is 9.45. The Morgan fingerprint density at radius 1 is 1.20 bits per heavy atom. The number of nitrogens with zero attached hydrogens (tertiary/aromatic N) is 2. The number of nitrogen functional groups attached to an aromatic ring is 1. The fourth-order valence-electron chi connectivity index (χ4n) is 1.31. The van der Waals surface area contributed by atoms with Crippen LogP contribution in [0.15, 0.2) is 36.8 Å². The van der Waals surface area contributed by atoms with E-state index in [4.69, 9.17) is 10.5 Å². The molecule has 2 rings (SSSR count). The Hall–Kier alpha value is -2.10. The van der Waals surface area contributed by atoms with Gasteiger partial charge < -0.3 is 10.5 Å². The van der Waals surface area contributed by atoms with Gasteiger partial charge in [0.15, 0.2) is 0 Å². The van der Waals surface area contributed by atoms with Crippen LogP contribution in [0.25, 0.3) is 11.1 Å². The summed E-state index contributed by atoms with van der Waals surface area (Å²) in [4.78, 5) is 8.13. The quantitative estimate of drug-likeness (QED) is 0.803. The maximum Gasteiger partial charge on any atom is 0.212 e. The third-order valence-corrected chi connectivity index (χ3v) is 2.11. The molecule has 2 N–H and O–H groups in total. The van der Waals surface area contributed by atoms with Crippen LogP contribution in [0.3, 0.4) is 0 Å². The van der Waals surface area contributed by atoms with Gasteiger partial charge in [-0.05, 0) is 12.1 Å². The first-order valence-corrected chi connectivity index (χ1v) is 4.51. The minimum atomic E-state index is 0.584. The lowest BCUT2D eigenvalue weighted by Crippen LogP contribution is -1.92. The number of ether oxygens (including phenoxy) is 1. The molecule has 2 aromatic heterocycles. The average molecular weight is 201 g/mol. The van der Waals surface area contributed by atoms with Gasteiger partial charge in [-0.1, -0.05) is 0 Å². The van der Waals surface area contributed by atoms with E-state index in [0.717, 1.165) is 11.1 Å². The lowest BCUT2D eigenvalue weighted by Gasteiger charge is -2.04. The Morgan fingerprint density at radius 2 is 2.07 bits per heavy atom. The number of hydrogen-bond acceptors (Lipinski definition) is 4. The second-order valence-corrected chi connectivity index (χ2v) is 3.05. The summed E-state index contributed by atoms with van der Waals surface area (Å²) in [6.07, 6.45) is 5.10. The highest BCUT2D eigenvalue weighted by molar-refractivity contribution is 5.74. The monoisotopic (exact) mass is 201 g/mol. The molecular weight excluding hydrogens is 190 g/mol. The molecule has 0 unspecified atom stereocenters. The third kappa shape index (κ3) is 1.88. The predicted molar refractivity (Wildman–Crippen MR) is 58.4 cm³/mol. The van der Waals surface area contributed by atoms with E-state index in [1.807, 2.05) is 6.07 Å². The molecule has 0 aliphatic carbocycles. The van der Waals surface area contributed by atoms with Crippen molar-refractivity contribution >= 4 is 5.69 Å². The molecule has 0 saturated heterocycles. The van der Waals surface area contributed by atoms with Crippen LogP contribution >= 0.6 is 0 Å². The zero-order valence-electron chi connectivity index (χ0n) is 8.34. The van der Waals surface area contributed by atoms with Crippen molar-refractivity contribution in [3.05, 3.63) is 36.8 Å². The van der Waals surface area contributed by atoms with Gasteiger partial charge in [-0.25, -0.2) is 4.98 Å². The maximum atomic E-state index is 5.82. The molecule has 4 heteroatoms. The highest BCUT2D eigenvalue weighted by atomic mass is 16.5. The Kier molecular flexibility index (Phi) is 2.49. The standard InChI is InChI=1S/C11H11N3O/c1-15-11-3-2-8(6-14-11)9-7-13-5-4-10(9)12/h2-7H,1H3,(H2,12,13). The molecule has 0 radical (unpaired) electrons. The summed E-state index contributed by atoms with van der Waals surface area (Å²) in [5.41, 5.74) is 8.33. The Balaban J connectivity index is 2.42. The SMILES string of the molecule is COc1ccc(-c2cnccc2N)cn1. The second kappa shape index (κ2) is 3.96. The molecule has 2 aromatic rings. The van der Waals surface area contributed by atoms with Gasteiger partial charge in [-0.3, -0.25) is 4.98 Å². The van der Waals surface area contributed by atoms with Gasteiger partial charge in [-0.2, -0.15) is 0 Å².